The molecule has 0 fully saturated rings. The highest BCUT2D eigenvalue weighted by Crippen LogP contribution is 2.28. The van der Waals surface area contributed by atoms with Gasteiger partial charge < -0.3 is 4.42 Å². The Kier molecular flexibility index (Phi) is 3.84. The van der Waals surface area contributed by atoms with Crippen molar-refractivity contribution in [2.45, 2.75) is 20.3 Å². The molecule has 1 aliphatic rings. The van der Waals surface area contributed by atoms with E-state index in [1.165, 1.54) is 0 Å². The van der Waals surface area contributed by atoms with Gasteiger partial charge in [-0.3, -0.25) is 4.79 Å². The summed E-state index contributed by atoms with van der Waals surface area (Å²) in [6.45, 7) is 4.07. The van der Waals surface area contributed by atoms with E-state index in [2.05, 4.69) is 15.5 Å². The summed E-state index contributed by atoms with van der Waals surface area (Å²) in [5.41, 5.74) is 6.95. The van der Waals surface area contributed by atoms with Gasteiger partial charge in [0.15, 0.2) is 5.58 Å². The molecule has 0 saturated heterocycles. The van der Waals surface area contributed by atoms with Crippen molar-refractivity contribution in [3.8, 4) is 11.5 Å². The fraction of sp³-hybridized carbons (Fsp3) is 0.250. The number of hydrazone groups is 1. The quantitative estimate of drug-likeness (QED) is 0.788. The standard InChI is InChI=1S/C20H19N3O2/c1-3-15-12(2)18(22-23-19(15)24)14-9-10-16-17(11-14)25-20(21-16)13-7-5-4-6-8-13/h4-12,15H,3H2,1-2H3,(H,23,24)/t12-,15+/m0/s1. The topological polar surface area (TPSA) is 67.5 Å². The highest BCUT2D eigenvalue weighted by Gasteiger charge is 2.31. The molecule has 5 heteroatoms. The van der Waals surface area contributed by atoms with E-state index in [1.807, 2.05) is 62.4 Å². The maximum Gasteiger partial charge on any atom is 0.243 e. The highest BCUT2D eigenvalue weighted by molar-refractivity contribution is 6.07. The number of nitrogens with one attached hydrogen (secondary N) is 1. The van der Waals surface area contributed by atoms with Crippen LogP contribution in [-0.2, 0) is 4.79 Å². The number of rotatable bonds is 3. The van der Waals surface area contributed by atoms with Crippen LogP contribution in [0.2, 0.25) is 0 Å². The van der Waals surface area contributed by atoms with Crippen molar-refractivity contribution in [3.05, 3.63) is 54.1 Å². The summed E-state index contributed by atoms with van der Waals surface area (Å²) in [7, 11) is 0. The van der Waals surface area contributed by atoms with Gasteiger partial charge in [-0.15, -0.1) is 0 Å². The Hall–Kier alpha value is -2.95. The molecule has 126 valence electrons. The third-order valence-electron chi connectivity index (χ3n) is 4.80. The first kappa shape index (κ1) is 15.6. The van der Waals surface area contributed by atoms with Crippen molar-refractivity contribution in [1.29, 1.82) is 0 Å². The van der Waals surface area contributed by atoms with E-state index < -0.39 is 0 Å². The van der Waals surface area contributed by atoms with Crippen LogP contribution in [0.3, 0.4) is 0 Å². The number of carbonyl (C=O) groups excluding carboxylic acids is 1. The maximum atomic E-state index is 11.9. The molecule has 0 bridgehead atoms. The van der Waals surface area contributed by atoms with E-state index in [9.17, 15) is 4.79 Å². The Bertz CT molecular complexity index is 959. The van der Waals surface area contributed by atoms with Crippen LogP contribution in [0, 0.1) is 11.8 Å². The molecule has 5 nitrogen and oxygen atoms in total. The van der Waals surface area contributed by atoms with Gasteiger partial charge >= 0.3 is 0 Å². The van der Waals surface area contributed by atoms with Crippen molar-refractivity contribution in [2.24, 2.45) is 16.9 Å². The third kappa shape index (κ3) is 2.71. The van der Waals surface area contributed by atoms with Crippen LogP contribution in [0.15, 0.2) is 58.0 Å². The minimum absolute atomic E-state index is 0.00847. The van der Waals surface area contributed by atoms with Crippen molar-refractivity contribution in [1.82, 2.24) is 10.4 Å². The molecule has 0 aliphatic carbocycles. The number of oxazole rings is 1. The van der Waals surface area contributed by atoms with Gasteiger partial charge in [0.1, 0.15) is 5.52 Å². The van der Waals surface area contributed by atoms with E-state index in [4.69, 9.17) is 4.42 Å². The number of carbonyl (C=O) groups is 1. The van der Waals surface area contributed by atoms with Crippen molar-refractivity contribution in [2.75, 3.05) is 0 Å². The molecule has 2 heterocycles. The predicted octanol–water partition coefficient (Wildman–Crippen LogP) is 3.99. The molecular weight excluding hydrogens is 314 g/mol. The smallest absolute Gasteiger partial charge is 0.243 e. The first-order chi connectivity index (χ1) is 12.2. The maximum absolute atomic E-state index is 11.9. The van der Waals surface area contributed by atoms with Gasteiger partial charge in [-0.25, -0.2) is 10.4 Å². The first-order valence-corrected chi connectivity index (χ1v) is 8.51. The lowest BCUT2D eigenvalue weighted by Gasteiger charge is -2.27. The Balaban J connectivity index is 1.73. The zero-order valence-electron chi connectivity index (χ0n) is 14.2. The summed E-state index contributed by atoms with van der Waals surface area (Å²) in [5, 5.41) is 4.29. The third-order valence-corrected chi connectivity index (χ3v) is 4.80. The zero-order chi connectivity index (χ0) is 17.4. The molecule has 0 saturated carbocycles. The van der Waals surface area contributed by atoms with Crippen molar-refractivity contribution < 1.29 is 9.21 Å². The number of amides is 1. The van der Waals surface area contributed by atoms with E-state index in [0.29, 0.717) is 5.89 Å². The molecule has 1 N–H and O–H groups in total. The van der Waals surface area contributed by atoms with Gasteiger partial charge in [0.2, 0.25) is 11.8 Å². The molecular formula is C20H19N3O2. The second kappa shape index (κ2) is 6.16. The molecule has 0 radical (unpaired) electrons. The molecule has 4 rings (SSSR count). The number of fused-ring (bicyclic) bond motifs is 1. The number of nitrogens with zero attached hydrogens (tertiary/aromatic N) is 2. The molecule has 1 aliphatic heterocycles. The van der Waals surface area contributed by atoms with Crippen LogP contribution in [0.5, 0.6) is 0 Å². The molecule has 1 amide bonds. The average molecular weight is 333 g/mol. The van der Waals surface area contributed by atoms with E-state index in [1.54, 1.807) is 0 Å². The molecule has 0 spiro atoms. The van der Waals surface area contributed by atoms with Crippen molar-refractivity contribution >= 4 is 22.7 Å². The SMILES string of the molecule is CC[C@H]1C(=O)NN=C(c2ccc3nc(-c4ccccc4)oc3c2)[C@H]1C. The lowest BCUT2D eigenvalue weighted by atomic mass is 9.83. The normalized spacial score (nSPS) is 20.4. The fourth-order valence-corrected chi connectivity index (χ4v) is 3.37. The lowest BCUT2D eigenvalue weighted by Crippen LogP contribution is -2.40. The van der Waals surface area contributed by atoms with Crippen LogP contribution in [0.4, 0.5) is 0 Å². The Morgan fingerprint density at radius 2 is 1.92 bits per heavy atom. The second-order valence-electron chi connectivity index (χ2n) is 6.34. The Morgan fingerprint density at radius 3 is 2.68 bits per heavy atom. The number of aromatic nitrogens is 1. The Labute approximate surface area is 145 Å². The monoisotopic (exact) mass is 333 g/mol. The van der Waals surface area contributed by atoms with Gasteiger partial charge in [-0.1, -0.05) is 38.1 Å². The summed E-state index contributed by atoms with van der Waals surface area (Å²) < 4.78 is 5.94. The summed E-state index contributed by atoms with van der Waals surface area (Å²) in [6, 6.07) is 15.7. The number of hydrogen-bond acceptors (Lipinski definition) is 4. The van der Waals surface area contributed by atoms with Crippen molar-refractivity contribution in [3.63, 3.8) is 0 Å². The highest BCUT2D eigenvalue weighted by atomic mass is 16.3. The molecule has 2 aromatic carbocycles. The van der Waals surface area contributed by atoms with E-state index >= 15 is 0 Å². The summed E-state index contributed by atoms with van der Waals surface area (Å²) in [6.07, 6.45) is 0.786. The molecule has 3 aromatic rings. The number of hydrogen-bond donors (Lipinski definition) is 1. The largest absolute Gasteiger partial charge is 0.436 e. The molecule has 0 unspecified atom stereocenters. The minimum atomic E-state index is -0.0576. The van der Waals surface area contributed by atoms with Crippen LogP contribution in [-0.4, -0.2) is 16.6 Å². The lowest BCUT2D eigenvalue weighted by molar-refractivity contribution is -0.126. The minimum Gasteiger partial charge on any atom is -0.436 e. The summed E-state index contributed by atoms with van der Waals surface area (Å²) in [4.78, 5) is 16.5. The molecule has 25 heavy (non-hydrogen) atoms. The average Bonchev–Trinajstić information content (AvgIpc) is 3.06. The summed E-state index contributed by atoms with van der Waals surface area (Å²) in [5.74, 6) is 0.600. The predicted molar refractivity (Wildman–Crippen MR) is 97.1 cm³/mol. The van der Waals surface area contributed by atoms with E-state index in [0.717, 1.165) is 34.4 Å². The zero-order valence-corrected chi connectivity index (χ0v) is 14.2. The van der Waals surface area contributed by atoms with Crippen LogP contribution in [0.25, 0.3) is 22.6 Å². The second-order valence-corrected chi connectivity index (χ2v) is 6.34. The van der Waals surface area contributed by atoms with Gasteiger partial charge in [-0.2, -0.15) is 5.10 Å². The molecule has 2 atom stereocenters. The van der Waals surface area contributed by atoms with Crippen LogP contribution >= 0.6 is 0 Å². The van der Waals surface area contributed by atoms with E-state index in [-0.39, 0.29) is 17.7 Å². The summed E-state index contributed by atoms with van der Waals surface area (Å²) >= 11 is 0. The van der Waals surface area contributed by atoms with Gasteiger partial charge in [0, 0.05) is 23.0 Å². The molecule has 1 aromatic heterocycles. The van der Waals surface area contributed by atoms with Gasteiger partial charge in [0.05, 0.1) is 5.71 Å². The first-order valence-electron chi connectivity index (χ1n) is 8.51. The van der Waals surface area contributed by atoms with Crippen LogP contribution in [0.1, 0.15) is 25.8 Å². The number of benzene rings is 2. The van der Waals surface area contributed by atoms with Gasteiger partial charge in [0.25, 0.3) is 0 Å². The Morgan fingerprint density at radius 1 is 1.12 bits per heavy atom. The van der Waals surface area contributed by atoms with Gasteiger partial charge in [-0.05, 0) is 30.7 Å². The van der Waals surface area contributed by atoms with Crippen LogP contribution < -0.4 is 5.43 Å². The fourth-order valence-electron chi connectivity index (χ4n) is 3.37.